The van der Waals surface area contributed by atoms with E-state index in [0.29, 0.717) is 23.4 Å². The van der Waals surface area contributed by atoms with E-state index in [9.17, 15) is 14.4 Å². The van der Waals surface area contributed by atoms with Gasteiger partial charge in [0.2, 0.25) is 5.91 Å². The number of carbonyl (C=O) groups excluding carboxylic acids is 3. The minimum Gasteiger partial charge on any atom is -0.466 e. The molecule has 4 bridgehead atoms. The van der Waals surface area contributed by atoms with E-state index in [4.69, 9.17) is 15.2 Å². The van der Waals surface area contributed by atoms with Gasteiger partial charge in [0.05, 0.1) is 25.7 Å². The molecule has 0 aliphatic carbocycles. The molecule has 5 N–H and O–H groups in total. The summed E-state index contributed by atoms with van der Waals surface area (Å²) in [5.74, 6) is -0.777. The number of benzene rings is 4. The lowest BCUT2D eigenvalue weighted by Gasteiger charge is -2.26. The Morgan fingerprint density at radius 1 is 1.02 bits per heavy atom. The minimum atomic E-state index is -0.784. The van der Waals surface area contributed by atoms with Gasteiger partial charge in [-0.1, -0.05) is 48.5 Å². The maximum absolute atomic E-state index is 14.1. The first-order valence-electron chi connectivity index (χ1n) is 13.9. The summed E-state index contributed by atoms with van der Waals surface area (Å²) in [5.41, 5.74) is 11.4. The number of hydrogen-bond acceptors (Lipinski definition) is 7. The molecule has 0 saturated carbocycles. The van der Waals surface area contributed by atoms with Crippen molar-refractivity contribution in [1.82, 2.24) is 5.32 Å². The van der Waals surface area contributed by atoms with Crippen molar-refractivity contribution >= 4 is 45.8 Å². The summed E-state index contributed by atoms with van der Waals surface area (Å²) in [6.45, 7) is 4.10. The number of fused-ring (bicyclic) bond motifs is 10. The van der Waals surface area contributed by atoms with Crippen molar-refractivity contribution in [3.8, 4) is 0 Å². The van der Waals surface area contributed by atoms with Crippen LogP contribution in [0.3, 0.4) is 0 Å². The number of hydrogen-bond donors (Lipinski definition) is 4. The quantitative estimate of drug-likeness (QED) is 0.177. The first-order chi connectivity index (χ1) is 20.3. The van der Waals surface area contributed by atoms with E-state index in [1.165, 1.54) is 0 Å². The number of anilines is 3. The zero-order chi connectivity index (χ0) is 29.6. The Kier molecular flexibility index (Phi) is 8.57. The minimum absolute atomic E-state index is 0.0899. The van der Waals surface area contributed by atoms with Crippen molar-refractivity contribution in [3.05, 3.63) is 101 Å². The molecule has 9 nitrogen and oxygen atoms in total. The van der Waals surface area contributed by atoms with Gasteiger partial charge in [-0.3, -0.25) is 14.9 Å². The Labute approximate surface area is 244 Å². The molecular formula is C33H34N4O5. The molecule has 1 unspecified atom stereocenters. The first kappa shape index (κ1) is 28.5. The van der Waals surface area contributed by atoms with E-state index in [2.05, 4.69) is 16.0 Å². The van der Waals surface area contributed by atoms with Crippen molar-refractivity contribution in [1.29, 1.82) is 0 Å². The number of nitrogens with two attached hydrogens (primary N) is 1. The third-order valence-corrected chi connectivity index (χ3v) is 7.32. The van der Waals surface area contributed by atoms with Crippen LogP contribution < -0.4 is 21.7 Å². The van der Waals surface area contributed by atoms with E-state index >= 15 is 0 Å². The van der Waals surface area contributed by atoms with Crippen LogP contribution in [0.15, 0.2) is 78.9 Å². The fourth-order valence-corrected chi connectivity index (χ4v) is 5.18. The molecule has 0 fully saturated rings. The third-order valence-electron chi connectivity index (χ3n) is 7.32. The zero-order valence-corrected chi connectivity index (χ0v) is 23.6. The SMILES string of the molecule is CCOC(=O)C[C@@H]1NC(=O)C(Nc2ccc3c(N)cccc3c2)c2ccc(c(C)c2)CCOC(=O)Nc2cccc1c2. The highest BCUT2D eigenvalue weighted by molar-refractivity contribution is 5.95. The van der Waals surface area contributed by atoms with Gasteiger partial charge in [0, 0.05) is 28.9 Å². The van der Waals surface area contributed by atoms with E-state index in [-0.39, 0.29) is 25.5 Å². The fraction of sp³-hybridized carbons (Fsp3) is 0.242. The van der Waals surface area contributed by atoms with Crippen LogP contribution in [-0.4, -0.2) is 31.2 Å². The maximum atomic E-state index is 14.1. The van der Waals surface area contributed by atoms with E-state index in [1.54, 1.807) is 31.2 Å². The molecule has 6 rings (SSSR count). The predicted octanol–water partition coefficient (Wildman–Crippen LogP) is 5.80. The van der Waals surface area contributed by atoms with Crippen LogP contribution in [0.5, 0.6) is 0 Å². The number of nitrogens with one attached hydrogen (secondary N) is 3. The number of amides is 2. The highest BCUT2D eigenvalue weighted by Crippen LogP contribution is 2.29. The van der Waals surface area contributed by atoms with Crippen molar-refractivity contribution in [2.45, 2.75) is 38.8 Å². The van der Waals surface area contributed by atoms with Crippen molar-refractivity contribution in [2.24, 2.45) is 0 Å². The van der Waals surface area contributed by atoms with Crippen LogP contribution in [0.1, 0.15) is 47.7 Å². The molecule has 4 aromatic carbocycles. The lowest BCUT2D eigenvalue weighted by molar-refractivity contribution is -0.143. The lowest BCUT2D eigenvalue weighted by Crippen LogP contribution is -2.37. The maximum Gasteiger partial charge on any atom is 0.411 e. The standard InChI is InChI=1S/C33H34N4O5/c1-3-41-30(38)19-29-23-7-4-8-25(18-23)36-33(40)42-15-14-21-10-11-24(16-20(21)2)31(32(39)37-29)35-26-12-13-27-22(17-26)6-5-9-28(27)34/h4-13,16-18,29,31,35H,3,14-15,19,34H2,1-2H3,(H,36,40)(H,37,39)/t29-,31?/m0/s1. The average Bonchev–Trinajstić information content (AvgIpc) is 2.96. The summed E-state index contributed by atoms with van der Waals surface area (Å²) in [5, 5.41) is 11.1. The third kappa shape index (κ3) is 6.63. The van der Waals surface area contributed by atoms with Crippen molar-refractivity contribution < 1.29 is 23.9 Å². The summed E-state index contributed by atoms with van der Waals surface area (Å²) in [6, 6.07) is 22.8. The normalized spacial score (nSPS) is 17.2. The second-order valence-electron chi connectivity index (χ2n) is 10.3. The summed E-state index contributed by atoms with van der Waals surface area (Å²) >= 11 is 0. The van der Waals surface area contributed by atoms with Crippen LogP contribution >= 0.6 is 0 Å². The van der Waals surface area contributed by atoms with Crippen molar-refractivity contribution in [2.75, 3.05) is 29.6 Å². The van der Waals surface area contributed by atoms with Gasteiger partial charge < -0.3 is 25.8 Å². The van der Waals surface area contributed by atoms with E-state index in [1.807, 2.05) is 61.5 Å². The molecule has 2 amide bonds. The molecule has 2 heterocycles. The average molecular weight is 567 g/mol. The smallest absolute Gasteiger partial charge is 0.411 e. The Morgan fingerprint density at radius 3 is 2.67 bits per heavy atom. The van der Waals surface area contributed by atoms with Gasteiger partial charge in [-0.05, 0) is 71.8 Å². The van der Waals surface area contributed by atoms with Gasteiger partial charge in [-0.2, -0.15) is 0 Å². The second-order valence-corrected chi connectivity index (χ2v) is 10.3. The monoisotopic (exact) mass is 566 g/mol. The zero-order valence-electron chi connectivity index (χ0n) is 23.6. The number of rotatable bonds is 5. The van der Waals surface area contributed by atoms with Crippen LogP contribution in [0.2, 0.25) is 0 Å². The summed E-state index contributed by atoms with van der Waals surface area (Å²) in [6.07, 6.45) is -0.147. The van der Waals surface area contributed by atoms with Gasteiger partial charge >= 0.3 is 12.1 Å². The van der Waals surface area contributed by atoms with Crippen molar-refractivity contribution in [3.63, 3.8) is 0 Å². The number of esters is 1. The lowest BCUT2D eigenvalue weighted by atomic mass is 9.96. The predicted molar refractivity (Wildman–Crippen MR) is 163 cm³/mol. The number of ether oxygens (including phenoxy) is 2. The van der Waals surface area contributed by atoms with Gasteiger partial charge in [0.25, 0.3) is 0 Å². The molecule has 216 valence electrons. The number of nitrogen functional groups attached to an aromatic ring is 1. The molecule has 42 heavy (non-hydrogen) atoms. The second kappa shape index (κ2) is 12.6. The topological polar surface area (TPSA) is 132 Å². The molecule has 9 heteroatoms. The Morgan fingerprint density at radius 2 is 1.86 bits per heavy atom. The Bertz CT molecular complexity index is 1640. The van der Waals surface area contributed by atoms with Gasteiger partial charge in [0.1, 0.15) is 6.04 Å². The van der Waals surface area contributed by atoms with Crippen LogP contribution in [0.4, 0.5) is 21.9 Å². The van der Waals surface area contributed by atoms with E-state index < -0.39 is 24.1 Å². The van der Waals surface area contributed by atoms with Crippen LogP contribution in [0.25, 0.3) is 10.8 Å². The molecule has 0 saturated heterocycles. The van der Waals surface area contributed by atoms with E-state index in [0.717, 1.165) is 33.2 Å². The van der Waals surface area contributed by atoms with Crippen LogP contribution in [0, 0.1) is 6.92 Å². The van der Waals surface area contributed by atoms with Gasteiger partial charge in [0.15, 0.2) is 0 Å². The fourth-order valence-electron chi connectivity index (χ4n) is 5.18. The Hall–Kier alpha value is -5.05. The number of aryl methyl sites for hydroxylation is 1. The molecule has 4 aromatic rings. The van der Waals surface area contributed by atoms with Crippen LogP contribution in [-0.2, 0) is 25.5 Å². The molecule has 2 aliphatic rings. The molecular weight excluding hydrogens is 532 g/mol. The highest BCUT2D eigenvalue weighted by atomic mass is 16.5. The molecule has 0 aromatic heterocycles. The Balaban J connectivity index is 1.55. The van der Waals surface area contributed by atoms with Gasteiger partial charge in [-0.15, -0.1) is 0 Å². The molecule has 0 radical (unpaired) electrons. The number of carbonyl (C=O) groups is 3. The summed E-state index contributed by atoms with van der Waals surface area (Å²) in [7, 11) is 0. The summed E-state index contributed by atoms with van der Waals surface area (Å²) in [4.78, 5) is 39.1. The molecule has 0 spiro atoms. The first-order valence-corrected chi connectivity index (χ1v) is 13.9. The van der Waals surface area contributed by atoms with Gasteiger partial charge in [-0.25, -0.2) is 4.79 Å². The molecule has 2 atom stereocenters. The molecule has 2 aliphatic heterocycles. The largest absolute Gasteiger partial charge is 0.466 e. The summed E-state index contributed by atoms with van der Waals surface area (Å²) < 4.78 is 10.6. The highest BCUT2D eigenvalue weighted by Gasteiger charge is 2.27.